The molecule has 20 heavy (non-hydrogen) atoms. The van der Waals surface area contributed by atoms with Crippen molar-refractivity contribution in [3.63, 3.8) is 0 Å². The Kier molecular flexibility index (Phi) is 3.82. The normalized spacial score (nSPS) is 11.3. The van der Waals surface area contributed by atoms with E-state index in [9.17, 15) is 13.2 Å². The molecule has 0 aliphatic carbocycles. The van der Waals surface area contributed by atoms with E-state index < -0.39 is 15.9 Å². The van der Waals surface area contributed by atoms with Gasteiger partial charge >= 0.3 is 0 Å². The number of sulfonamides is 1. The predicted molar refractivity (Wildman–Crippen MR) is 76.8 cm³/mol. The zero-order valence-electron chi connectivity index (χ0n) is 10.3. The van der Waals surface area contributed by atoms with Gasteiger partial charge in [0.15, 0.2) is 5.82 Å². The first kappa shape index (κ1) is 14.5. The Labute approximate surface area is 123 Å². The van der Waals surface area contributed by atoms with Crippen molar-refractivity contribution in [1.29, 1.82) is 0 Å². The molecule has 1 aromatic carbocycles. The van der Waals surface area contributed by atoms with Crippen LogP contribution < -0.4 is 10.5 Å². The third-order valence-corrected chi connectivity index (χ3v) is 4.20. The number of aryl methyl sites for hydroxylation is 1. The van der Waals surface area contributed by atoms with Gasteiger partial charge in [-0.3, -0.25) is 14.6 Å². The summed E-state index contributed by atoms with van der Waals surface area (Å²) in [6, 6.07) is 6.01. The van der Waals surface area contributed by atoms with Gasteiger partial charge in [0.05, 0.1) is 4.90 Å². The lowest BCUT2D eigenvalue weighted by Gasteiger charge is -2.06. The highest BCUT2D eigenvalue weighted by atomic mass is 79.9. The zero-order chi connectivity index (χ0) is 14.9. The number of nitrogens with one attached hydrogen (secondary N) is 2. The minimum atomic E-state index is -3.79. The summed E-state index contributed by atoms with van der Waals surface area (Å²) >= 11 is 3.24. The molecule has 9 heteroatoms. The topological polar surface area (TPSA) is 118 Å². The number of benzene rings is 1. The van der Waals surface area contributed by atoms with Gasteiger partial charge < -0.3 is 5.73 Å². The lowest BCUT2D eigenvalue weighted by molar-refractivity contribution is 0.0995. The van der Waals surface area contributed by atoms with Crippen LogP contribution in [0.5, 0.6) is 0 Å². The van der Waals surface area contributed by atoms with Crippen LogP contribution in [0.2, 0.25) is 0 Å². The van der Waals surface area contributed by atoms with Crippen molar-refractivity contribution in [2.75, 3.05) is 4.72 Å². The van der Waals surface area contributed by atoms with E-state index in [1.165, 1.54) is 18.2 Å². The first-order valence-electron chi connectivity index (χ1n) is 5.43. The SMILES string of the molecule is Cc1cc(Br)cc(S(=O)(=O)Nc2cc(C(N)=O)[nH]n2)c1. The number of aromatic amines is 1. The molecular weight excluding hydrogens is 348 g/mol. The zero-order valence-corrected chi connectivity index (χ0v) is 12.7. The van der Waals surface area contributed by atoms with E-state index in [0.717, 1.165) is 5.56 Å². The van der Waals surface area contributed by atoms with Crippen molar-refractivity contribution in [2.24, 2.45) is 5.73 Å². The van der Waals surface area contributed by atoms with Crippen LogP contribution in [0.1, 0.15) is 16.1 Å². The number of aromatic nitrogens is 2. The lowest BCUT2D eigenvalue weighted by Crippen LogP contribution is -2.13. The summed E-state index contributed by atoms with van der Waals surface area (Å²) in [7, 11) is -3.79. The van der Waals surface area contributed by atoms with E-state index in [4.69, 9.17) is 5.73 Å². The first-order valence-corrected chi connectivity index (χ1v) is 7.71. The molecule has 0 aliphatic heterocycles. The molecule has 0 saturated heterocycles. The number of halogens is 1. The number of H-pyrrole nitrogens is 1. The Bertz CT molecular complexity index is 749. The average molecular weight is 359 g/mol. The standard InChI is InChI=1S/C11H11BrN4O3S/c1-6-2-7(12)4-8(3-6)20(18,19)16-10-5-9(11(13)17)14-15-10/h2-5H,1H3,(H2,13,17)(H2,14,15,16). The van der Waals surface area contributed by atoms with E-state index >= 15 is 0 Å². The summed E-state index contributed by atoms with van der Waals surface area (Å²) in [5.41, 5.74) is 5.86. The van der Waals surface area contributed by atoms with Crippen molar-refractivity contribution in [3.8, 4) is 0 Å². The van der Waals surface area contributed by atoms with Crippen LogP contribution in [-0.4, -0.2) is 24.5 Å². The molecule has 1 heterocycles. The molecule has 1 amide bonds. The lowest BCUT2D eigenvalue weighted by atomic mass is 10.2. The number of primary amides is 1. The molecule has 2 rings (SSSR count). The Hall–Kier alpha value is -1.87. The van der Waals surface area contributed by atoms with Crippen LogP contribution in [0.3, 0.4) is 0 Å². The smallest absolute Gasteiger partial charge is 0.266 e. The minimum absolute atomic E-state index is 0.00331. The highest BCUT2D eigenvalue weighted by molar-refractivity contribution is 9.10. The predicted octanol–water partition coefficient (Wildman–Crippen LogP) is 1.38. The van der Waals surface area contributed by atoms with Gasteiger partial charge in [-0.15, -0.1) is 0 Å². The van der Waals surface area contributed by atoms with Crippen LogP contribution in [0, 0.1) is 6.92 Å². The highest BCUT2D eigenvalue weighted by Gasteiger charge is 2.17. The summed E-state index contributed by atoms with van der Waals surface area (Å²) in [5.74, 6) is -0.724. The summed E-state index contributed by atoms with van der Waals surface area (Å²) in [5, 5.41) is 6.01. The van der Waals surface area contributed by atoms with Crippen LogP contribution >= 0.6 is 15.9 Å². The number of nitrogens with two attached hydrogens (primary N) is 1. The van der Waals surface area contributed by atoms with Crippen molar-refractivity contribution in [1.82, 2.24) is 10.2 Å². The maximum absolute atomic E-state index is 12.2. The third kappa shape index (κ3) is 3.17. The second-order valence-electron chi connectivity index (χ2n) is 4.10. The second kappa shape index (κ2) is 5.25. The monoisotopic (exact) mass is 358 g/mol. The number of amides is 1. The highest BCUT2D eigenvalue weighted by Crippen LogP contribution is 2.21. The van der Waals surface area contributed by atoms with Gasteiger partial charge in [0.2, 0.25) is 0 Å². The number of anilines is 1. The largest absolute Gasteiger partial charge is 0.364 e. The number of carbonyl (C=O) groups is 1. The van der Waals surface area contributed by atoms with Gasteiger partial charge in [-0.1, -0.05) is 15.9 Å². The minimum Gasteiger partial charge on any atom is -0.364 e. The maximum Gasteiger partial charge on any atom is 0.266 e. The van der Waals surface area contributed by atoms with Crippen LogP contribution in [0.4, 0.5) is 5.82 Å². The molecule has 0 bridgehead atoms. The van der Waals surface area contributed by atoms with Crippen molar-refractivity contribution >= 4 is 37.7 Å². The fourth-order valence-electron chi connectivity index (χ4n) is 1.55. The quantitative estimate of drug-likeness (QED) is 0.764. The molecule has 0 atom stereocenters. The fourth-order valence-corrected chi connectivity index (χ4v) is 3.43. The number of hydrogen-bond donors (Lipinski definition) is 3. The van der Waals surface area contributed by atoms with Gasteiger partial charge in [-0.2, -0.15) is 5.10 Å². The molecule has 0 aliphatic rings. The Balaban J connectivity index is 2.32. The van der Waals surface area contributed by atoms with E-state index in [-0.39, 0.29) is 16.4 Å². The maximum atomic E-state index is 12.2. The van der Waals surface area contributed by atoms with Gasteiger partial charge in [-0.25, -0.2) is 8.42 Å². The number of carbonyl (C=O) groups excluding carboxylic acids is 1. The van der Waals surface area contributed by atoms with Crippen LogP contribution in [0.15, 0.2) is 33.6 Å². The number of hydrogen-bond acceptors (Lipinski definition) is 4. The van der Waals surface area contributed by atoms with Crippen LogP contribution in [0.25, 0.3) is 0 Å². The summed E-state index contributed by atoms with van der Waals surface area (Å²) in [6.07, 6.45) is 0. The molecular formula is C11H11BrN4O3S. The Morgan fingerprint density at radius 1 is 1.35 bits per heavy atom. The summed E-state index contributed by atoms with van der Waals surface area (Å²) < 4.78 is 27.3. The summed E-state index contributed by atoms with van der Waals surface area (Å²) in [6.45, 7) is 1.78. The van der Waals surface area contributed by atoms with E-state index in [1.54, 1.807) is 13.0 Å². The molecule has 1 aromatic heterocycles. The van der Waals surface area contributed by atoms with E-state index in [1.807, 2.05) is 0 Å². The van der Waals surface area contributed by atoms with E-state index in [0.29, 0.717) is 4.47 Å². The van der Waals surface area contributed by atoms with Gasteiger partial charge in [0, 0.05) is 10.5 Å². The number of rotatable bonds is 4. The molecule has 4 N–H and O–H groups in total. The van der Waals surface area contributed by atoms with Gasteiger partial charge in [0.1, 0.15) is 5.69 Å². The van der Waals surface area contributed by atoms with E-state index in [2.05, 4.69) is 30.8 Å². The molecule has 106 valence electrons. The molecule has 0 fully saturated rings. The average Bonchev–Trinajstić information content (AvgIpc) is 2.75. The Morgan fingerprint density at radius 2 is 2.05 bits per heavy atom. The summed E-state index contributed by atoms with van der Waals surface area (Å²) in [4.78, 5) is 11.0. The third-order valence-electron chi connectivity index (χ3n) is 2.41. The molecule has 0 saturated carbocycles. The second-order valence-corrected chi connectivity index (χ2v) is 6.70. The fraction of sp³-hybridized carbons (Fsp3) is 0.0909. The molecule has 7 nitrogen and oxygen atoms in total. The Morgan fingerprint density at radius 3 is 2.60 bits per heavy atom. The van der Waals surface area contributed by atoms with Crippen LogP contribution in [-0.2, 0) is 10.0 Å². The molecule has 0 radical (unpaired) electrons. The molecule has 0 unspecified atom stereocenters. The van der Waals surface area contributed by atoms with Gasteiger partial charge in [0.25, 0.3) is 15.9 Å². The first-order chi connectivity index (χ1) is 9.28. The molecule has 0 spiro atoms. The molecule has 2 aromatic rings. The van der Waals surface area contributed by atoms with Crippen molar-refractivity contribution in [2.45, 2.75) is 11.8 Å². The van der Waals surface area contributed by atoms with Crippen molar-refractivity contribution < 1.29 is 13.2 Å². The number of nitrogens with zero attached hydrogens (tertiary/aromatic N) is 1. The van der Waals surface area contributed by atoms with Crippen molar-refractivity contribution in [3.05, 3.63) is 40.0 Å². The van der Waals surface area contributed by atoms with Gasteiger partial charge in [-0.05, 0) is 30.7 Å².